The molecule has 0 saturated heterocycles. The molecule has 2 aromatic carbocycles. The summed E-state index contributed by atoms with van der Waals surface area (Å²) in [6, 6.07) is 13.3. The maximum absolute atomic E-state index is 14.0. The molecule has 3 aromatic rings. The van der Waals surface area contributed by atoms with Crippen molar-refractivity contribution in [2.45, 2.75) is 6.42 Å². The summed E-state index contributed by atoms with van der Waals surface area (Å²) in [5.41, 5.74) is 1.24. The number of halogens is 1. The van der Waals surface area contributed by atoms with Crippen LogP contribution >= 0.6 is 11.3 Å². The summed E-state index contributed by atoms with van der Waals surface area (Å²) in [7, 11) is 3.94. The van der Waals surface area contributed by atoms with E-state index >= 15 is 0 Å². The van der Waals surface area contributed by atoms with Crippen molar-refractivity contribution < 1.29 is 9.18 Å². The first kappa shape index (κ1) is 19.0. The lowest BCUT2D eigenvalue weighted by Gasteiger charge is -2.21. The van der Waals surface area contributed by atoms with Gasteiger partial charge in [0.1, 0.15) is 11.3 Å². The van der Waals surface area contributed by atoms with Crippen molar-refractivity contribution in [3.05, 3.63) is 59.4 Å². The molecular weight excluding hydrogens is 363 g/mol. The van der Waals surface area contributed by atoms with Gasteiger partial charge in [-0.2, -0.15) is 5.26 Å². The number of fused-ring (bicyclic) bond motifs is 1. The molecule has 3 rings (SSSR count). The van der Waals surface area contributed by atoms with Gasteiger partial charge in [0, 0.05) is 12.1 Å². The quantitative estimate of drug-likeness (QED) is 0.649. The second kappa shape index (κ2) is 8.25. The Bertz CT molecular complexity index is 991. The van der Waals surface area contributed by atoms with Crippen molar-refractivity contribution in [2.75, 3.05) is 32.1 Å². The van der Waals surface area contributed by atoms with Gasteiger partial charge in [-0.05, 0) is 63.5 Å². The van der Waals surface area contributed by atoms with Crippen LogP contribution in [0.3, 0.4) is 0 Å². The maximum atomic E-state index is 14.0. The fraction of sp³-hybridized carbons (Fsp3) is 0.250. The van der Waals surface area contributed by atoms with Gasteiger partial charge < -0.3 is 4.90 Å². The van der Waals surface area contributed by atoms with E-state index in [1.54, 1.807) is 41.3 Å². The average molecular weight is 382 g/mol. The molecule has 0 N–H and O–H groups in total. The number of hydrogen-bond donors (Lipinski definition) is 0. The van der Waals surface area contributed by atoms with Crippen LogP contribution in [0.5, 0.6) is 0 Å². The molecule has 0 unspecified atom stereocenters. The molecule has 138 valence electrons. The lowest BCUT2D eigenvalue weighted by atomic mass is 10.1. The molecule has 7 heteroatoms. The van der Waals surface area contributed by atoms with Gasteiger partial charge in [-0.25, -0.2) is 9.37 Å². The summed E-state index contributed by atoms with van der Waals surface area (Å²) >= 11 is 1.30. The molecule has 1 heterocycles. The van der Waals surface area contributed by atoms with Crippen molar-refractivity contribution >= 4 is 32.6 Å². The second-order valence-corrected chi connectivity index (χ2v) is 7.39. The van der Waals surface area contributed by atoms with E-state index in [9.17, 15) is 9.18 Å². The van der Waals surface area contributed by atoms with Crippen LogP contribution in [0.2, 0.25) is 0 Å². The second-order valence-electron chi connectivity index (χ2n) is 6.39. The van der Waals surface area contributed by atoms with E-state index in [1.807, 2.05) is 25.1 Å². The highest BCUT2D eigenvalue weighted by molar-refractivity contribution is 7.22. The van der Waals surface area contributed by atoms with E-state index in [2.05, 4.69) is 4.98 Å². The molecule has 0 radical (unpaired) electrons. The minimum atomic E-state index is -0.394. The van der Waals surface area contributed by atoms with Gasteiger partial charge in [0.05, 0.1) is 16.3 Å². The largest absolute Gasteiger partial charge is 0.309 e. The molecule has 0 atom stereocenters. The van der Waals surface area contributed by atoms with E-state index in [-0.39, 0.29) is 11.4 Å². The van der Waals surface area contributed by atoms with Gasteiger partial charge in [-0.3, -0.25) is 9.69 Å². The third-order valence-corrected chi connectivity index (χ3v) is 5.13. The minimum absolute atomic E-state index is 0.210. The summed E-state index contributed by atoms with van der Waals surface area (Å²) in [4.78, 5) is 21.1. The van der Waals surface area contributed by atoms with E-state index in [1.165, 1.54) is 17.4 Å². The Morgan fingerprint density at radius 3 is 2.56 bits per heavy atom. The SMILES string of the molecule is CN(C)CCCN(C(=O)c1ccc(C#N)cc1)c1nc2c(F)cccc2s1. The first-order valence-electron chi connectivity index (χ1n) is 8.51. The monoisotopic (exact) mass is 382 g/mol. The van der Waals surface area contributed by atoms with E-state index in [0.29, 0.717) is 27.5 Å². The van der Waals surface area contributed by atoms with Gasteiger partial charge >= 0.3 is 0 Å². The van der Waals surface area contributed by atoms with Crippen LogP contribution in [0.4, 0.5) is 9.52 Å². The van der Waals surface area contributed by atoms with Gasteiger partial charge in [0.2, 0.25) is 0 Å². The smallest absolute Gasteiger partial charge is 0.260 e. The van der Waals surface area contributed by atoms with E-state index < -0.39 is 5.82 Å². The number of anilines is 1. The summed E-state index contributed by atoms with van der Waals surface area (Å²) in [6.45, 7) is 1.29. The molecule has 0 saturated carbocycles. The number of aromatic nitrogens is 1. The predicted molar refractivity (Wildman–Crippen MR) is 106 cm³/mol. The Balaban J connectivity index is 1.94. The Hall–Kier alpha value is -2.82. The first-order valence-corrected chi connectivity index (χ1v) is 9.33. The standard InChI is InChI=1S/C20H19FN4OS/c1-24(2)11-4-12-25(19(26)15-9-7-14(13-22)8-10-15)20-23-18-16(21)5-3-6-17(18)27-20/h3,5-10H,4,11-12H2,1-2H3. The lowest BCUT2D eigenvalue weighted by Crippen LogP contribution is -2.33. The van der Waals surface area contributed by atoms with Crippen molar-refractivity contribution in [2.24, 2.45) is 0 Å². The molecule has 5 nitrogen and oxygen atoms in total. The number of thiazole rings is 1. The van der Waals surface area contributed by atoms with Gasteiger partial charge in [0.25, 0.3) is 5.91 Å². The molecule has 0 aliphatic heterocycles. The summed E-state index contributed by atoms with van der Waals surface area (Å²) in [6.07, 6.45) is 0.757. The highest BCUT2D eigenvalue weighted by Crippen LogP contribution is 2.31. The molecule has 0 bridgehead atoms. The molecule has 0 aliphatic rings. The van der Waals surface area contributed by atoms with Crippen LogP contribution in [-0.2, 0) is 0 Å². The number of nitriles is 1. The number of para-hydroxylation sites is 1. The van der Waals surface area contributed by atoms with Crippen molar-refractivity contribution in [3.63, 3.8) is 0 Å². The summed E-state index contributed by atoms with van der Waals surface area (Å²) in [5.74, 6) is -0.605. The number of amides is 1. The Morgan fingerprint density at radius 1 is 1.19 bits per heavy atom. The fourth-order valence-corrected chi connectivity index (χ4v) is 3.70. The number of rotatable bonds is 6. The first-order chi connectivity index (χ1) is 13.0. The number of benzene rings is 2. The predicted octanol–water partition coefficient (Wildman–Crippen LogP) is 3.91. The summed E-state index contributed by atoms with van der Waals surface area (Å²) < 4.78 is 14.7. The zero-order valence-electron chi connectivity index (χ0n) is 15.1. The Morgan fingerprint density at radius 2 is 1.93 bits per heavy atom. The van der Waals surface area contributed by atoms with Crippen LogP contribution in [0.1, 0.15) is 22.3 Å². The van der Waals surface area contributed by atoms with E-state index in [4.69, 9.17) is 5.26 Å². The topological polar surface area (TPSA) is 60.2 Å². The fourth-order valence-electron chi connectivity index (χ4n) is 2.69. The molecule has 0 aliphatic carbocycles. The number of nitrogens with zero attached hydrogens (tertiary/aromatic N) is 4. The van der Waals surface area contributed by atoms with E-state index in [0.717, 1.165) is 13.0 Å². The molecule has 0 spiro atoms. The molecule has 0 fully saturated rings. The highest BCUT2D eigenvalue weighted by Gasteiger charge is 2.22. The van der Waals surface area contributed by atoms with Crippen LogP contribution < -0.4 is 4.90 Å². The molecule has 1 aromatic heterocycles. The third kappa shape index (κ3) is 4.30. The third-order valence-electron chi connectivity index (χ3n) is 4.08. The van der Waals surface area contributed by atoms with Crippen LogP contribution in [0.15, 0.2) is 42.5 Å². The van der Waals surface area contributed by atoms with Gasteiger partial charge in [0.15, 0.2) is 5.13 Å². The van der Waals surface area contributed by atoms with Gasteiger partial charge in [-0.15, -0.1) is 0 Å². The number of carbonyl (C=O) groups excluding carboxylic acids is 1. The average Bonchev–Trinajstić information content (AvgIpc) is 3.10. The normalized spacial score (nSPS) is 10.9. The van der Waals surface area contributed by atoms with Crippen molar-refractivity contribution in [3.8, 4) is 6.07 Å². The zero-order chi connectivity index (χ0) is 19.4. The molecule has 27 heavy (non-hydrogen) atoms. The lowest BCUT2D eigenvalue weighted by molar-refractivity contribution is 0.0986. The Kier molecular flexibility index (Phi) is 5.79. The number of carbonyl (C=O) groups is 1. The van der Waals surface area contributed by atoms with Crippen LogP contribution in [0, 0.1) is 17.1 Å². The van der Waals surface area contributed by atoms with Gasteiger partial charge in [-0.1, -0.05) is 17.4 Å². The number of hydrogen-bond acceptors (Lipinski definition) is 5. The van der Waals surface area contributed by atoms with Crippen LogP contribution in [-0.4, -0.2) is 43.0 Å². The van der Waals surface area contributed by atoms with Crippen molar-refractivity contribution in [1.82, 2.24) is 9.88 Å². The van der Waals surface area contributed by atoms with Crippen LogP contribution in [0.25, 0.3) is 10.2 Å². The highest BCUT2D eigenvalue weighted by atomic mass is 32.1. The Labute approximate surface area is 161 Å². The minimum Gasteiger partial charge on any atom is -0.309 e. The molecule has 1 amide bonds. The van der Waals surface area contributed by atoms with Crippen molar-refractivity contribution in [1.29, 1.82) is 5.26 Å². The maximum Gasteiger partial charge on any atom is 0.260 e. The zero-order valence-corrected chi connectivity index (χ0v) is 16.0. The summed E-state index contributed by atoms with van der Waals surface area (Å²) in [5, 5.41) is 9.41. The molecular formula is C20H19FN4OS.